The van der Waals surface area contributed by atoms with Crippen LogP contribution in [-0.4, -0.2) is 24.0 Å². The molecule has 0 aromatic rings. The fourth-order valence-electron chi connectivity index (χ4n) is 6.67. The molecular formula is C26H49N. The molecule has 0 atom stereocenters. The molecule has 3 aliphatic rings. The van der Waals surface area contributed by atoms with E-state index in [9.17, 15) is 0 Å². The van der Waals surface area contributed by atoms with Crippen LogP contribution in [0.4, 0.5) is 0 Å². The first-order valence-electron chi connectivity index (χ1n) is 13.0. The Morgan fingerprint density at radius 3 is 1.67 bits per heavy atom. The van der Waals surface area contributed by atoms with Gasteiger partial charge in [0.25, 0.3) is 0 Å². The van der Waals surface area contributed by atoms with E-state index in [1.165, 1.54) is 83.7 Å². The molecule has 3 rings (SSSR count). The van der Waals surface area contributed by atoms with Gasteiger partial charge in [-0.05, 0) is 88.1 Å². The van der Waals surface area contributed by atoms with Crippen molar-refractivity contribution in [1.82, 2.24) is 4.90 Å². The van der Waals surface area contributed by atoms with Crippen LogP contribution in [0.25, 0.3) is 0 Å². The van der Waals surface area contributed by atoms with Crippen molar-refractivity contribution in [2.75, 3.05) is 13.1 Å². The van der Waals surface area contributed by atoms with Crippen LogP contribution in [0.5, 0.6) is 0 Å². The lowest BCUT2D eigenvalue weighted by Gasteiger charge is -2.43. The lowest BCUT2D eigenvalue weighted by atomic mass is 9.69. The van der Waals surface area contributed by atoms with Gasteiger partial charge >= 0.3 is 0 Å². The summed E-state index contributed by atoms with van der Waals surface area (Å²) in [5, 5.41) is 0. The Bertz CT molecular complexity index is 368. The Kier molecular flexibility index (Phi) is 9.50. The van der Waals surface area contributed by atoms with E-state index in [-0.39, 0.29) is 0 Å². The number of hydrogen-bond donors (Lipinski definition) is 0. The molecule has 2 aliphatic carbocycles. The number of hydrogen-bond acceptors (Lipinski definition) is 1. The lowest BCUT2D eigenvalue weighted by Crippen LogP contribution is -2.43. The van der Waals surface area contributed by atoms with Crippen LogP contribution in [0.2, 0.25) is 0 Å². The zero-order valence-corrected chi connectivity index (χ0v) is 18.8. The van der Waals surface area contributed by atoms with E-state index < -0.39 is 0 Å². The first-order chi connectivity index (χ1) is 13.3. The molecule has 1 heteroatoms. The molecule has 0 unspecified atom stereocenters. The molecule has 3 fully saturated rings. The summed E-state index contributed by atoms with van der Waals surface area (Å²) >= 11 is 0. The average molecular weight is 376 g/mol. The van der Waals surface area contributed by atoms with Crippen LogP contribution in [-0.2, 0) is 0 Å². The van der Waals surface area contributed by atoms with Crippen molar-refractivity contribution in [3.8, 4) is 0 Å². The highest BCUT2D eigenvalue weighted by Crippen LogP contribution is 2.42. The monoisotopic (exact) mass is 375 g/mol. The summed E-state index contributed by atoms with van der Waals surface area (Å²) in [4.78, 5) is 2.89. The van der Waals surface area contributed by atoms with Crippen molar-refractivity contribution in [3.63, 3.8) is 0 Å². The molecule has 0 amide bonds. The Labute approximate surface area is 171 Å². The van der Waals surface area contributed by atoms with Crippen LogP contribution in [0.3, 0.4) is 0 Å². The summed E-state index contributed by atoms with van der Waals surface area (Å²) in [5.74, 6) is 4.30. The van der Waals surface area contributed by atoms with Gasteiger partial charge in [0.2, 0.25) is 0 Å². The summed E-state index contributed by atoms with van der Waals surface area (Å²) in [7, 11) is 0. The Hall–Kier alpha value is -0.0400. The van der Waals surface area contributed by atoms with Crippen molar-refractivity contribution in [2.45, 2.75) is 129 Å². The Morgan fingerprint density at radius 1 is 0.556 bits per heavy atom. The molecule has 1 saturated heterocycles. The van der Waals surface area contributed by atoms with Crippen LogP contribution in [0.15, 0.2) is 0 Å². The van der Waals surface area contributed by atoms with Gasteiger partial charge in [0.1, 0.15) is 0 Å². The van der Waals surface area contributed by atoms with Gasteiger partial charge in [-0.15, -0.1) is 0 Å². The molecule has 1 heterocycles. The largest absolute Gasteiger partial charge is 0.300 e. The molecule has 0 aromatic carbocycles. The first kappa shape index (κ1) is 21.7. The minimum Gasteiger partial charge on any atom is -0.300 e. The van der Waals surface area contributed by atoms with Crippen LogP contribution < -0.4 is 0 Å². The second-order valence-corrected chi connectivity index (χ2v) is 10.5. The molecule has 0 aromatic heterocycles. The van der Waals surface area contributed by atoms with Gasteiger partial charge in [-0.2, -0.15) is 0 Å². The standard InChI is InChI=1S/C26H49N/c1-3-5-7-9-22-10-12-24(13-11-22)25-14-16-26(17-15-25)27-20-18-23(19-21-27)8-6-4-2/h22-26H,3-21H2,1-2H3. The molecule has 1 aliphatic heterocycles. The highest BCUT2D eigenvalue weighted by molar-refractivity contribution is 4.87. The predicted octanol–water partition coefficient (Wildman–Crippen LogP) is 7.83. The fraction of sp³-hybridized carbons (Fsp3) is 1.00. The van der Waals surface area contributed by atoms with Crippen LogP contribution >= 0.6 is 0 Å². The molecular weight excluding hydrogens is 326 g/mol. The van der Waals surface area contributed by atoms with E-state index in [1.807, 2.05) is 0 Å². The Balaban J connectivity index is 1.31. The third-order valence-electron chi connectivity index (χ3n) is 8.65. The lowest BCUT2D eigenvalue weighted by molar-refractivity contribution is 0.0718. The molecule has 0 bridgehead atoms. The van der Waals surface area contributed by atoms with E-state index in [4.69, 9.17) is 0 Å². The highest BCUT2D eigenvalue weighted by Gasteiger charge is 2.33. The van der Waals surface area contributed by atoms with Crippen molar-refractivity contribution < 1.29 is 0 Å². The van der Waals surface area contributed by atoms with Gasteiger partial charge in [-0.1, -0.05) is 71.6 Å². The molecule has 158 valence electrons. The van der Waals surface area contributed by atoms with E-state index in [2.05, 4.69) is 18.7 Å². The van der Waals surface area contributed by atoms with Gasteiger partial charge < -0.3 is 4.90 Å². The number of nitrogens with zero attached hydrogens (tertiary/aromatic N) is 1. The molecule has 2 saturated carbocycles. The van der Waals surface area contributed by atoms with Crippen LogP contribution in [0.1, 0.15) is 123 Å². The van der Waals surface area contributed by atoms with Crippen LogP contribution in [0, 0.1) is 23.7 Å². The summed E-state index contributed by atoms with van der Waals surface area (Å²) in [5.41, 5.74) is 0. The maximum Gasteiger partial charge on any atom is 0.00954 e. The summed E-state index contributed by atoms with van der Waals surface area (Å²) in [6.07, 6.45) is 25.5. The van der Waals surface area contributed by atoms with Gasteiger partial charge in [0, 0.05) is 6.04 Å². The van der Waals surface area contributed by atoms with Crippen molar-refractivity contribution in [3.05, 3.63) is 0 Å². The van der Waals surface area contributed by atoms with Gasteiger partial charge in [0.05, 0.1) is 0 Å². The topological polar surface area (TPSA) is 3.24 Å². The zero-order chi connectivity index (χ0) is 18.9. The van der Waals surface area contributed by atoms with E-state index in [0.29, 0.717) is 0 Å². The predicted molar refractivity (Wildman–Crippen MR) is 119 cm³/mol. The maximum atomic E-state index is 2.89. The molecule has 0 spiro atoms. The van der Waals surface area contributed by atoms with Crippen molar-refractivity contribution >= 4 is 0 Å². The number of rotatable bonds is 9. The van der Waals surface area contributed by atoms with E-state index >= 15 is 0 Å². The van der Waals surface area contributed by atoms with Crippen molar-refractivity contribution in [2.24, 2.45) is 23.7 Å². The Morgan fingerprint density at radius 2 is 1.07 bits per heavy atom. The van der Waals surface area contributed by atoms with E-state index in [1.54, 1.807) is 38.5 Å². The number of likely N-dealkylation sites (tertiary alicyclic amines) is 1. The minimum atomic E-state index is 0.943. The number of piperidine rings is 1. The normalized spacial score (nSPS) is 34.0. The highest BCUT2D eigenvalue weighted by atomic mass is 15.2. The maximum absolute atomic E-state index is 2.89. The SMILES string of the molecule is CCCCCC1CCC(C2CCC(N3CCC(CCCC)CC3)CC2)CC1. The third kappa shape index (κ3) is 6.76. The minimum absolute atomic E-state index is 0.943. The fourth-order valence-corrected chi connectivity index (χ4v) is 6.67. The molecule has 1 nitrogen and oxygen atoms in total. The smallest absolute Gasteiger partial charge is 0.00954 e. The second-order valence-electron chi connectivity index (χ2n) is 10.5. The third-order valence-corrected chi connectivity index (χ3v) is 8.65. The van der Waals surface area contributed by atoms with Gasteiger partial charge in [0.15, 0.2) is 0 Å². The summed E-state index contributed by atoms with van der Waals surface area (Å²) in [6.45, 7) is 7.49. The average Bonchev–Trinajstić information content (AvgIpc) is 2.73. The summed E-state index contributed by atoms with van der Waals surface area (Å²) < 4.78 is 0. The summed E-state index contributed by atoms with van der Waals surface area (Å²) in [6, 6.07) is 0.943. The number of unbranched alkanes of at least 4 members (excludes halogenated alkanes) is 3. The molecule has 27 heavy (non-hydrogen) atoms. The van der Waals surface area contributed by atoms with E-state index in [0.717, 1.165) is 29.7 Å². The van der Waals surface area contributed by atoms with Crippen molar-refractivity contribution in [1.29, 1.82) is 0 Å². The van der Waals surface area contributed by atoms with Gasteiger partial charge in [-0.3, -0.25) is 0 Å². The quantitative estimate of drug-likeness (QED) is 0.371. The zero-order valence-electron chi connectivity index (χ0n) is 18.8. The molecule has 0 radical (unpaired) electrons. The first-order valence-corrected chi connectivity index (χ1v) is 13.0. The molecule has 0 N–H and O–H groups in total. The second kappa shape index (κ2) is 11.8. The van der Waals surface area contributed by atoms with Gasteiger partial charge in [-0.25, -0.2) is 0 Å².